The molecule has 20 heavy (non-hydrogen) atoms. The normalized spacial score (nSPS) is 12.1. The summed E-state index contributed by atoms with van der Waals surface area (Å²) in [7, 11) is 5.63. The first-order chi connectivity index (χ1) is 9.52. The van der Waals surface area contributed by atoms with Crippen LogP contribution in [0.15, 0.2) is 24.3 Å². The molecular formula is C15H24N2O3. The van der Waals surface area contributed by atoms with Gasteiger partial charge in [0.2, 0.25) is 0 Å². The van der Waals surface area contributed by atoms with E-state index in [-0.39, 0.29) is 5.91 Å². The predicted molar refractivity (Wildman–Crippen MR) is 79.3 cm³/mol. The van der Waals surface area contributed by atoms with Crippen LogP contribution in [-0.4, -0.2) is 51.2 Å². The van der Waals surface area contributed by atoms with Crippen LogP contribution in [0.25, 0.3) is 0 Å². The van der Waals surface area contributed by atoms with Crippen molar-refractivity contribution in [2.24, 2.45) is 0 Å². The van der Waals surface area contributed by atoms with Crippen LogP contribution in [-0.2, 0) is 4.79 Å². The molecular weight excluding hydrogens is 256 g/mol. The Morgan fingerprint density at radius 3 is 2.40 bits per heavy atom. The van der Waals surface area contributed by atoms with Gasteiger partial charge in [0.05, 0.1) is 7.11 Å². The molecule has 0 aliphatic heterocycles. The molecule has 0 saturated carbocycles. The molecule has 0 unspecified atom stereocenters. The Kier molecular flexibility index (Phi) is 6.87. The maximum atomic E-state index is 11.8. The predicted octanol–water partition coefficient (Wildman–Crippen LogP) is 1.53. The van der Waals surface area contributed by atoms with Crippen LogP contribution in [0, 0.1) is 0 Å². The van der Waals surface area contributed by atoms with Crippen LogP contribution in [0.2, 0.25) is 0 Å². The quantitative estimate of drug-likeness (QED) is 0.734. The van der Waals surface area contributed by atoms with Crippen molar-refractivity contribution < 1.29 is 14.3 Å². The van der Waals surface area contributed by atoms with E-state index in [1.165, 1.54) is 0 Å². The lowest BCUT2D eigenvalue weighted by molar-refractivity contribution is -0.127. The van der Waals surface area contributed by atoms with Crippen LogP contribution >= 0.6 is 0 Å². The lowest BCUT2D eigenvalue weighted by Crippen LogP contribution is -2.37. The molecule has 1 atom stereocenters. The maximum absolute atomic E-state index is 11.8. The number of hydrogen-bond donors (Lipinski definition) is 1. The van der Waals surface area contributed by atoms with Crippen molar-refractivity contribution in [2.45, 2.75) is 19.4 Å². The Morgan fingerprint density at radius 1 is 1.25 bits per heavy atom. The number of nitrogens with zero attached hydrogens (tertiary/aromatic N) is 1. The van der Waals surface area contributed by atoms with Crippen molar-refractivity contribution in [2.75, 3.05) is 34.3 Å². The fourth-order valence-electron chi connectivity index (χ4n) is 1.66. The topological polar surface area (TPSA) is 50.8 Å². The molecule has 0 radical (unpaired) electrons. The van der Waals surface area contributed by atoms with Gasteiger partial charge in [-0.3, -0.25) is 4.79 Å². The van der Waals surface area contributed by atoms with E-state index >= 15 is 0 Å². The summed E-state index contributed by atoms with van der Waals surface area (Å²) < 4.78 is 10.6. The highest BCUT2D eigenvalue weighted by atomic mass is 16.5. The third-order valence-corrected chi connectivity index (χ3v) is 2.82. The first kappa shape index (κ1) is 16.3. The summed E-state index contributed by atoms with van der Waals surface area (Å²) in [6.45, 7) is 3.35. The van der Waals surface area contributed by atoms with Crippen LogP contribution in [0.1, 0.15) is 13.3 Å². The van der Waals surface area contributed by atoms with Gasteiger partial charge in [0, 0.05) is 6.54 Å². The number of ether oxygens (including phenoxy) is 2. The summed E-state index contributed by atoms with van der Waals surface area (Å²) in [5.41, 5.74) is 0. The minimum atomic E-state index is -0.511. The molecule has 0 aliphatic rings. The summed E-state index contributed by atoms with van der Waals surface area (Å²) in [6.07, 6.45) is 0.413. The van der Waals surface area contributed by atoms with Gasteiger partial charge < -0.3 is 19.7 Å². The van der Waals surface area contributed by atoms with Crippen molar-refractivity contribution in [3.8, 4) is 11.5 Å². The van der Waals surface area contributed by atoms with Gasteiger partial charge in [-0.05, 0) is 58.3 Å². The highest BCUT2D eigenvalue weighted by molar-refractivity contribution is 5.80. The second-order valence-electron chi connectivity index (χ2n) is 4.88. The Labute approximate surface area is 120 Å². The van der Waals surface area contributed by atoms with E-state index in [1.54, 1.807) is 38.3 Å². The third kappa shape index (κ3) is 5.93. The molecule has 1 rings (SSSR count). The van der Waals surface area contributed by atoms with E-state index in [0.717, 1.165) is 18.7 Å². The number of benzene rings is 1. The first-order valence-electron chi connectivity index (χ1n) is 6.76. The van der Waals surface area contributed by atoms with Crippen molar-refractivity contribution in [3.05, 3.63) is 24.3 Å². The molecule has 5 heteroatoms. The Morgan fingerprint density at radius 2 is 1.85 bits per heavy atom. The minimum Gasteiger partial charge on any atom is -0.497 e. The second-order valence-corrected chi connectivity index (χ2v) is 4.88. The molecule has 1 aromatic rings. The summed E-state index contributed by atoms with van der Waals surface area (Å²) in [4.78, 5) is 13.9. The van der Waals surface area contributed by atoms with Gasteiger partial charge in [0.1, 0.15) is 11.5 Å². The van der Waals surface area contributed by atoms with Gasteiger partial charge in [-0.15, -0.1) is 0 Å². The molecule has 0 bridgehead atoms. The zero-order valence-electron chi connectivity index (χ0n) is 12.7. The Balaban J connectivity index is 2.33. The number of hydrogen-bond acceptors (Lipinski definition) is 4. The number of carbonyl (C=O) groups is 1. The third-order valence-electron chi connectivity index (χ3n) is 2.82. The molecule has 1 amide bonds. The van der Waals surface area contributed by atoms with E-state index in [4.69, 9.17) is 9.47 Å². The summed E-state index contributed by atoms with van der Waals surface area (Å²) >= 11 is 0. The molecule has 0 saturated heterocycles. The lowest BCUT2D eigenvalue weighted by atomic mass is 10.3. The molecule has 112 valence electrons. The van der Waals surface area contributed by atoms with Crippen LogP contribution in [0.5, 0.6) is 11.5 Å². The molecule has 1 N–H and O–H groups in total. The minimum absolute atomic E-state index is 0.0976. The standard InChI is InChI=1S/C15H24N2O3/c1-12(15(18)16-10-5-11-17(2)3)20-14-8-6-13(19-4)7-9-14/h6-9,12H,5,10-11H2,1-4H3,(H,16,18)/t12-/m0/s1. The molecule has 0 fully saturated rings. The molecule has 0 aromatic heterocycles. The molecule has 0 aliphatic carbocycles. The SMILES string of the molecule is COc1ccc(O[C@@H](C)C(=O)NCCCN(C)C)cc1. The average molecular weight is 280 g/mol. The summed E-state index contributed by atoms with van der Waals surface area (Å²) in [5, 5.41) is 2.87. The lowest BCUT2D eigenvalue weighted by Gasteiger charge is -2.15. The summed E-state index contributed by atoms with van der Waals surface area (Å²) in [6, 6.07) is 7.18. The number of nitrogens with one attached hydrogen (secondary N) is 1. The average Bonchev–Trinajstić information content (AvgIpc) is 2.44. The monoisotopic (exact) mass is 280 g/mol. The highest BCUT2D eigenvalue weighted by Crippen LogP contribution is 2.18. The maximum Gasteiger partial charge on any atom is 0.260 e. The Bertz CT molecular complexity index is 404. The van der Waals surface area contributed by atoms with E-state index in [1.807, 2.05) is 14.1 Å². The molecule has 5 nitrogen and oxygen atoms in total. The van der Waals surface area contributed by atoms with Gasteiger partial charge in [-0.25, -0.2) is 0 Å². The first-order valence-corrected chi connectivity index (χ1v) is 6.76. The molecule has 0 heterocycles. The number of carbonyl (C=O) groups excluding carboxylic acids is 1. The van der Waals surface area contributed by atoms with Crippen LogP contribution in [0.4, 0.5) is 0 Å². The number of amides is 1. The van der Waals surface area contributed by atoms with E-state index in [9.17, 15) is 4.79 Å². The van der Waals surface area contributed by atoms with Gasteiger partial charge in [0.25, 0.3) is 5.91 Å². The largest absolute Gasteiger partial charge is 0.497 e. The van der Waals surface area contributed by atoms with E-state index in [2.05, 4.69) is 10.2 Å². The number of methoxy groups -OCH3 is 1. The van der Waals surface area contributed by atoms with Gasteiger partial charge in [-0.2, -0.15) is 0 Å². The smallest absolute Gasteiger partial charge is 0.260 e. The van der Waals surface area contributed by atoms with E-state index < -0.39 is 6.10 Å². The van der Waals surface area contributed by atoms with Crippen molar-refractivity contribution in [1.29, 1.82) is 0 Å². The highest BCUT2D eigenvalue weighted by Gasteiger charge is 2.13. The van der Waals surface area contributed by atoms with Crippen molar-refractivity contribution >= 4 is 5.91 Å². The summed E-state index contributed by atoms with van der Waals surface area (Å²) in [5.74, 6) is 1.32. The van der Waals surface area contributed by atoms with Crippen LogP contribution in [0.3, 0.4) is 0 Å². The van der Waals surface area contributed by atoms with E-state index in [0.29, 0.717) is 12.3 Å². The van der Waals surface area contributed by atoms with Crippen molar-refractivity contribution in [1.82, 2.24) is 10.2 Å². The fraction of sp³-hybridized carbons (Fsp3) is 0.533. The molecule has 0 spiro atoms. The van der Waals surface area contributed by atoms with Gasteiger partial charge >= 0.3 is 0 Å². The fourth-order valence-corrected chi connectivity index (χ4v) is 1.66. The van der Waals surface area contributed by atoms with Gasteiger partial charge in [0.15, 0.2) is 6.10 Å². The second kappa shape index (κ2) is 8.43. The van der Waals surface area contributed by atoms with Crippen molar-refractivity contribution in [3.63, 3.8) is 0 Å². The van der Waals surface area contributed by atoms with Gasteiger partial charge in [-0.1, -0.05) is 0 Å². The zero-order chi connectivity index (χ0) is 15.0. The number of rotatable bonds is 8. The molecule has 1 aromatic carbocycles. The Hall–Kier alpha value is -1.75. The van der Waals surface area contributed by atoms with Crippen LogP contribution < -0.4 is 14.8 Å². The zero-order valence-corrected chi connectivity index (χ0v) is 12.7.